The zero-order valence-electron chi connectivity index (χ0n) is 14.1. The SMILES string of the molecule is CO[C@H]1CCCOC12CCN(C1CCN(C(C)=O)CC1)CC2. The molecule has 0 radical (unpaired) electrons. The maximum absolute atomic E-state index is 11.4. The first-order valence-electron chi connectivity index (χ1n) is 8.81. The molecule has 1 spiro atoms. The fourth-order valence-corrected chi connectivity index (χ4v) is 4.51. The number of piperidine rings is 2. The van der Waals surface area contributed by atoms with E-state index in [-0.39, 0.29) is 17.6 Å². The van der Waals surface area contributed by atoms with Crippen LogP contribution in [0.2, 0.25) is 0 Å². The third-order valence-corrected chi connectivity index (χ3v) is 5.94. The van der Waals surface area contributed by atoms with Gasteiger partial charge in [0.05, 0.1) is 11.7 Å². The quantitative estimate of drug-likeness (QED) is 0.778. The summed E-state index contributed by atoms with van der Waals surface area (Å²) in [7, 11) is 1.82. The molecule has 126 valence electrons. The highest BCUT2D eigenvalue weighted by molar-refractivity contribution is 5.73. The summed E-state index contributed by atoms with van der Waals surface area (Å²) in [5.74, 6) is 0.217. The number of nitrogens with zero attached hydrogens (tertiary/aromatic N) is 2. The number of likely N-dealkylation sites (tertiary alicyclic amines) is 2. The van der Waals surface area contributed by atoms with E-state index in [9.17, 15) is 4.79 Å². The second kappa shape index (κ2) is 6.85. The van der Waals surface area contributed by atoms with Crippen LogP contribution in [0.3, 0.4) is 0 Å². The molecule has 1 amide bonds. The topological polar surface area (TPSA) is 42.0 Å². The van der Waals surface area contributed by atoms with Crippen molar-refractivity contribution in [3.8, 4) is 0 Å². The minimum absolute atomic E-state index is 0.0381. The second-order valence-corrected chi connectivity index (χ2v) is 7.05. The first-order valence-corrected chi connectivity index (χ1v) is 8.81. The lowest BCUT2D eigenvalue weighted by atomic mass is 9.81. The normalized spacial score (nSPS) is 30.6. The minimum atomic E-state index is -0.0381. The van der Waals surface area contributed by atoms with Crippen LogP contribution in [0, 0.1) is 0 Å². The summed E-state index contributed by atoms with van der Waals surface area (Å²) in [5.41, 5.74) is -0.0381. The van der Waals surface area contributed by atoms with E-state index < -0.39 is 0 Å². The van der Waals surface area contributed by atoms with Crippen molar-refractivity contribution in [1.29, 1.82) is 0 Å². The first kappa shape index (κ1) is 16.2. The molecule has 0 N–H and O–H groups in total. The zero-order chi connectivity index (χ0) is 15.6. The van der Waals surface area contributed by atoms with Crippen molar-refractivity contribution >= 4 is 5.91 Å². The Labute approximate surface area is 133 Å². The van der Waals surface area contributed by atoms with Crippen molar-refractivity contribution in [3.05, 3.63) is 0 Å². The number of ether oxygens (including phenoxy) is 2. The molecule has 1 atom stereocenters. The van der Waals surface area contributed by atoms with E-state index in [0.717, 1.165) is 71.3 Å². The Morgan fingerprint density at radius 2 is 1.82 bits per heavy atom. The zero-order valence-corrected chi connectivity index (χ0v) is 14.1. The van der Waals surface area contributed by atoms with Gasteiger partial charge in [0.25, 0.3) is 0 Å². The van der Waals surface area contributed by atoms with Crippen LogP contribution in [0.1, 0.15) is 45.4 Å². The Kier molecular flexibility index (Phi) is 5.05. The van der Waals surface area contributed by atoms with E-state index in [1.54, 1.807) is 6.92 Å². The van der Waals surface area contributed by atoms with Crippen molar-refractivity contribution in [1.82, 2.24) is 9.80 Å². The van der Waals surface area contributed by atoms with E-state index >= 15 is 0 Å². The molecule has 3 aliphatic heterocycles. The minimum Gasteiger partial charge on any atom is -0.378 e. The van der Waals surface area contributed by atoms with Gasteiger partial charge in [0.2, 0.25) is 5.91 Å². The fourth-order valence-electron chi connectivity index (χ4n) is 4.51. The van der Waals surface area contributed by atoms with Crippen LogP contribution in [0.15, 0.2) is 0 Å². The Morgan fingerprint density at radius 1 is 1.14 bits per heavy atom. The second-order valence-electron chi connectivity index (χ2n) is 7.05. The molecule has 0 unspecified atom stereocenters. The molecule has 22 heavy (non-hydrogen) atoms. The molecule has 0 saturated carbocycles. The largest absolute Gasteiger partial charge is 0.378 e. The number of carbonyl (C=O) groups is 1. The van der Waals surface area contributed by atoms with Crippen LogP contribution < -0.4 is 0 Å². The van der Waals surface area contributed by atoms with Gasteiger partial charge in [0.1, 0.15) is 0 Å². The van der Waals surface area contributed by atoms with E-state index in [1.165, 1.54) is 0 Å². The molecular weight excluding hydrogens is 280 g/mol. The highest BCUT2D eigenvalue weighted by Gasteiger charge is 2.45. The third kappa shape index (κ3) is 3.17. The lowest BCUT2D eigenvalue weighted by Gasteiger charge is -2.50. The van der Waals surface area contributed by atoms with Crippen molar-refractivity contribution in [2.45, 2.75) is 63.2 Å². The maximum atomic E-state index is 11.4. The van der Waals surface area contributed by atoms with E-state index in [4.69, 9.17) is 9.47 Å². The summed E-state index contributed by atoms with van der Waals surface area (Å²) in [6, 6.07) is 0.637. The summed E-state index contributed by atoms with van der Waals surface area (Å²) in [6.45, 7) is 6.60. The Hall–Kier alpha value is -0.650. The Morgan fingerprint density at radius 3 is 2.41 bits per heavy atom. The van der Waals surface area contributed by atoms with Crippen LogP contribution in [0.5, 0.6) is 0 Å². The summed E-state index contributed by atoms with van der Waals surface area (Å²) in [4.78, 5) is 16.0. The summed E-state index contributed by atoms with van der Waals surface area (Å²) in [6.07, 6.45) is 6.91. The lowest BCUT2D eigenvalue weighted by Crippen LogP contribution is -2.58. The van der Waals surface area contributed by atoms with Gasteiger partial charge in [-0.15, -0.1) is 0 Å². The number of methoxy groups -OCH3 is 1. The number of amides is 1. The lowest BCUT2D eigenvalue weighted by molar-refractivity contribution is -0.189. The van der Waals surface area contributed by atoms with Crippen LogP contribution >= 0.6 is 0 Å². The molecule has 0 bridgehead atoms. The highest BCUT2D eigenvalue weighted by atomic mass is 16.5. The summed E-state index contributed by atoms with van der Waals surface area (Å²) >= 11 is 0. The van der Waals surface area contributed by atoms with Gasteiger partial charge in [-0.25, -0.2) is 0 Å². The fraction of sp³-hybridized carbons (Fsp3) is 0.941. The van der Waals surface area contributed by atoms with Crippen molar-refractivity contribution in [2.75, 3.05) is 39.9 Å². The Balaban J connectivity index is 1.52. The van der Waals surface area contributed by atoms with Gasteiger partial charge in [-0.05, 0) is 38.5 Å². The van der Waals surface area contributed by atoms with E-state index in [2.05, 4.69) is 4.90 Å². The first-order chi connectivity index (χ1) is 10.6. The molecule has 3 heterocycles. The standard InChI is InChI=1S/C17H30N2O3/c1-14(20)18-9-5-15(6-10-18)19-11-7-17(8-12-19)16(21-2)4-3-13-22-17/h15-16H,3-13H2,1-2H3/t16-/m0/s1. The van der Waals surface area contributed by atoms with Crippen molar-refractivity contribution in [2.24, 2.45) is 0 Å². The molecule has 0 aromatic carbocycles. The molecule has 3 rings (SSSR count). The number of carbonyl (C=O) groups excluding carboxylic acids is 1. The van der Waals surface area contributed by atoms with Crippen LogP contribution in [0.4, 0.5) is 0 Å². The average Bonchev–Trinajstić information content (AvgIpc) is 2.56. The van der Waals surface area contributed by atoms with Crippen LogP contribution in [-0.4, -0.2) is 73.3 Å². The smallest absolute Gasteiger partial charge is 0.219 e. The van der Waals surface area contributed by atoms with Gasteiger partial charge in [0.15, 0.2) is 0 Å². The number of hydrogen-bond acceptors (Lipinski definition) is 4. The average molecular weight is 310 g/mol. The Bertz CT molecular complexity index is 385. The summed E-state index contributed by atoms with van der Waals surface area (Å²) in [5, 5.41) is 0. The molecule has 0 aromatic heterocycles. The van der Waals surface area contributed by atoms with Crippen LogP contribution in [0.25, 0.3) is 0 Å². The molecule has 0 aromatic rings. The number of rotatable bonds is 2. The van der Waals surface area contributed by atoms with Gasteiger partial charge in [-0.2, -0.15) is 0 Å². The van der Waals surface area contributed by atoms with Gasteiger partial charge in [0, 0.05) is 52.9 Å². The monoisotopic (exact) mass is 310 g/mol. The number of hydrogen-bond donors (Lipinski definition) is 0. The molecular formula is C17H30N2O3. The molecule has 5 nitrogen and oxygen atoms in total. The van der Waals surface area contributed by atoms with Gasteiger partial charge < -0.3 is 19.3 Å². The van der Waals surface area contributed by atoms with Gasteiger partial charge in [-0.1, -0.05) is 0 Å². The third-order valence-electron chi connectivity index (χ3n) is 5.94. The maximum Gasteiger partial charge on any atom is 0.219 e. The predicted octanol–water partition coefficient (Wildman–Crippen LogP) is 1.66. The molecule has 3 saturated heterocycles. The van der Waals surface area contributed by atoms with E-state index in [0.29, 0.717) is 6.04 Å². The molecule has 0 aliphatic carbocycles. The molecule has 5 heteroatoms. The van der Waals surface area contributed by atoms with Crippen LogP contribution in [-0.2, 0) is 14.3 Å². The molecule has 3 aliphatic rings. The van der Waals surface area contributed by atoms with Crippen molar-refractivity contribution < 1.29 is 14.3 Å². The van der Waals surface area contributed by atoms with Gasteiger partial charge >= 0.3 is 0 Å². The molecule has 3 fully saturated rings. The summed E-state index contributed by atoms with van der Waals surface area (Å²) < 4.78 is 11.9. The van der Waals surface area contributed by atoms with Gasteiger partial charge in [-0.3, -0.25) is 4.79 Å². The highest BCUT2D eigenvalue weighted by Crippen LogP contribution is 2.37. The van der Waals surface area contributed by atoms with E-state index in [1.807, 2.05) is 12.0 Å². The predicted molar refractivity (Wildman–Crippen MR) is 84.8 cm³/mol. The van der Waals surface area contributed by atoms with Crippen molar-refractivity contribution in [3.63, 3.8) is 0 Å².